The molecule has 0 bridgehead atoms. The van der Waals surface area contributed by atoms with Gasteiger partial charge in [-0.15, -0.1) is 11.3 Å². The third-order valence-corrected chi connectivity index (χ3v) is 4.25. The van der Waals surface area contributed by atoms with Crippen LogP contribution in [0.25, 0.3) is 0 Å². The van der Waals surface area contributed by atoms with Crippen LogP contribution >= 0.6 is 22.9 Å². The number of alkyl halides is 3. The number of aromatic nitrogens is 1. The Morgan fingerprint density at radius 2 is 2.05 bits per heavy atom. The van der Waals surface area contributed by atoms with E-state index in [2.05, 4.69) is 4.98 Å². The summed E-state index contributed by atoms with van der Waals surface area (Å²) in [6, 6.07) is 4.52. The highest BCUT2D eigenvalue weighted by molar-refractivity contribution is 7.11. The summed E-state index contributed by atoms with van der Waals surface area (Å²) >= 11 is 6.53. The zero-order chi connectivity index (χ0) is 14.2. The van der Waals surface area contributed by atoms with Gasteiger partial charge < -0.3 is 5.73 Å². The van der Waals surface area contributed by atoms with Crippen molar-refractivity contribution < 1.29 is 13.2 Å². The number of hydrogen-bond acceptors (Lipinski definition) is 3. The monoisotopic (exact) mass is 306 g/mol. The van der Waals surface area contributed by atoms with E-state index in [0.29, 0.717) is 26.8 Å². The summed E-state index contributed by atoms with van der Waals surface area (Å²) < 4.78 is 37.5. The molecular formula is C12H10ClF3N2S. The van der Waals surface area contributed by atoms with Crippen LogP contribution in [0.4, 0.5) is 13.2 Å². The zero-order valence-corrected chi connectivity index (χ0v) is 11.4. The van der Waals surface area contributed by atoms with Crippen LogP contribution in [-0.4, -0.2) is 4.98 Å². The number of hydrogen-bond donors (Lipinski definition) is 1. The standard InChI is InChI=1S/C12H10ClF3N2S/c1-6-7(3-2-4-8(6)13)10(17)9-5-18-11(19-9)12(14,15)16/h2-5,10H,17H2,1H3. The summed E-state index contributed by atoms with van der Waals surface area (Å²) in [5.41, 5.74) is 7.45. The van der Waals surface area contributed by atoms with Gasteiger partial charge in [-0.05, 0) is 24.1 Å². The molecule has 2 nitrogen and oxygen atoms in total. The van der Waals surface area contributed by atoms with Crippen molar-refractivity contribution in [2.75, 3.05) is 0 Å². The average Bonchev–Trinajstić information content (AvgIpc) is 2.81. The summed E-state index contributed by atoms with van der Waals surface area (Å²) in [4.78, 5) is 3.73. The normalized spacial score (nSPS) is 13.6. The molecule has 2 N–H and O–H groups in total. The molecule has 1 heterocycles. The van der Waals surface area contributed by atoms with Crippen LogP contribution in [0.1, 0.15) is 27.1 Å². The number of nitrogens with two attached hydrogens (primary N) is 1. The van der Waals surface area contributed by atoms with E-state index in [0.717, 1.165) is 5.56 Å². The average molecular weight is 307 g/mol. The van der Waals surface area contributed by atoms with Gasteiger partial charge in [0.2, 0.25) is 0 Å². The van der Waals surface area contributed by atoms with Gasteiger partial charge in [-0.25, -0.2) is 4.98 Å². The van der Waals surface area contributed by atoms with Gasteiger partial charge in [0, 0.05) is 16.1 Å². The Morgan fingerprint density at radius 3 is 2.63 bits per heavy atom. The van der Waals surface area contributed by atoms with Gasteiger partial charge in [0.15, 0.2) is 5.01 Å². The lowest BCUT2D eigenvalue weighted by molar-refractivity contribution is -0.137. The van der Waals surface area contributed by atoms with Gasteiger partial charge in [-0.2, -0.15) is 13.2 Å². The minimum absolute atomic E-state index is 0.359. The molecule has 1 aromatic carbocycles. The van der Waals surface area contributed by atoms with E-state index < -0.39 is 17.2 Å². The van der Waals surface area contributed by atoms with Crippen molar-refractivity contribution in [3.05, 3.63) is 50.4 Å². The van der Waals surface area contributed by atoms with E-state index in [4.69, 9.17) is 17.3 Å². The van der Waals surface area contributed by atoms with Crippen molar-refractivity contribution in [2.45, 2.75) is 19.1 Å². The van der Waals surface area contributed by atoms with Gasteiger partial charge in [0.1, 0.15) is 0 Å². The summed E-state index contributed by atoms with van der Waals surface area (Å²) in [7, 11) is 0. The van der Waals surface area contributed by atoms with Crippen LogP contribution in [0.3, 0.4) is 0 Å². The molecule has 0 fully saturated rings. The van der Waals surface area contributed by atoms with E-state index in [1.54, 1.807) is 25.1 Å². The number of thiazole rings is 1. The first-order valence-corrected chi connectivity index (χ1v) is 6.53. The molecule has 0 aliphatic rings. The van der Waals surface area contributed by atoms with Gasteiger partial charge in [-0.3, -0.25) is 0 Å². The van der Waals surface area contributed by atoms with Crippen LogP contribution in [0, 0.1) is 6.92 Å². The molecule has 7 heteroatoms. The van der Waals surface area contributed by atoms with Crippen molar-refractivity contribution in [1.82, 2.24) is 4.98 Å². The van der Waals surface area contributed by atoms with Gasteiger partial charge in [0.05, 0.1) is 6.04 Å². The Morgan fingerprint density at radius 1 is 1.37 bits per heavy atom. The maximum Gasteiger partial charge on any atom is 0.443 e. The minimum Gasteiger partial charge on any atom is -0.320 e. The molecule has 0 saturated carbocycles. The third-order valence-electron chi connectivity index (χ3n) is 2.72. The lowest BCUT2D eigenvalue weighted by atomic mass is 10.0. The molecule has 0 aliphatic heterocycles. The van der Waals surface area contributed by atoms with Crippen LogP contribution in [0.2, 0.25) is 5.02 Å². The van der Waals surface area contributed by atoms with E-state index in [9.17, 15) is 13.2 Å². The number of nitrogens with zero attached hydrogens (tertiary/aromatic N) is 1. The fourth-order valence-electron chi connectivity index (χ4n) is 1.68. The Hall–Kier alpha value is -1.11. The molecule has 0 saturated heterocycles. The summed E-state index contributed by atoms with van der Waals surface area (Å²) in [5, 5.41) is -0.355. The predicted molar refractivity (Wildman–Crippen MR) is 69.3 cm³/mol. The molecule has 1 unspecified atom stereocenters. The van der Waals surface area contributed by atoms with E-state index in [1.807, 2.05) is 0 Å². The largest absolute Gasteiger partial charge is 0.443 e. The van der Waals surface area contributed by atoms with Gasteiger partial charge >= 0.3 is 6.18 Å². The molecule has 102 valence electrons. The van der Waals surface area contributed by atoms with Crippen molar-refractivity contribution in [3.8, 4) is 0 Å². The fourth-order valence-corrected chi connectivity index (χ4v) is 2.66. The fraction of sp³-hybridized carbons (Fsp3) is 0.250. The first-order chi connectivity index (χ1) is 8.80. The lowest BCUT2D eigenvalue weighted by Gasteiger charge is -2.13. The molecule has 0 spiro atoms. The van der Waals surface area contributed by atoms with Gasteiger partial charge in [-0.1, -0.05) is 23.7 Å². The molecular weight excluding hydrogens is 297 g/mol. The van der Waals surface area contributed by atoms with Crippen molar-refractivity contribution in [2.24, 2.45) is 5.73 Å². The predicted octanol–water partition coefficient (Wildman–Crippen LogP) is 4.17. The zero-order valence-electron chi connectivity index (χ0n) is 9.83. The Balaban J connectivity index is 2.37. The molecule has 0 aliphatic carbocycles. The minimum atomic E-state index is -4.44. The number of benzene rings is 1. The Labute approximate surface area is 117 Å². The number of halogens is 4. The van der Waals surface area contributed by atoms with Crippen molar-refractivity contribution in [1.29, 1.82) is 0 Å². The smallest absolute Gasteiger partial charge is 0.320 e. The van der Waals surface area contributed by atoms with Crippen LogP contribution < -0.4 is 5.73 Å². The van der Waals surface area contributed by atoms with Crippen LogP contribution in [0.5, 0.6) is 0 Å². The molecule has 1 aromatic heterocycles. The first kappa shape index (κ1) is 14.3. The molecule has 1 atom stereocenters. The third kappa shape index (κ3) is 2.91. The summed E-state index contributed by atoms with van der Waals surface area (Å²) in [6.45, 7) is 1.78. The summed E-state index contributed by atoms with van der Waals surface area (Å²) in [5.74, 6) is 0. The second-order valence-electron chi connectivity index (χ2n) is 4.00. The second kappa shape index (κ2) is 5.11. The SMILES string of the molecule is Cc1c(Cl)cccc1C(N)c1cnc(C(F)(F)F)s1. The molecule has 0 radical (unpaired) electrons. The topological polar surface area (TPSA) is 38.9 Å². The Bertz CT molecular complexity index is 595. The maximum atomic E-state index is 12.5. The quantitative estimate of drug-likeness (QED) is 0.904. The second-order valence-corrected chi connectivity index (χ2v) is 5.47. The van der Waals surface area contributed by atoms with Crippen molar-refractivity contribution in [3.63, 3.8) is 0 Å². The summed E-state index contributed by atoms with van der Waals surface area (Å²) in [6.07, 6.45) is -3.27. The maximum absolute atomic E-state index is 12.5. The van der Waals surface area contributed by atoms with Crippen molar-refractivity contribution >= 4 is 22.9 Å². The molecule has 19 heavy (non-hydrogen) atoms. The van der Waals surface area contributed by atoms with Crippen LogP contribution in [-0.2, 0) is 6.18 Å². The van der Waals surface area contributed by atoms with E-state index in [1.165, 1.54) is 6.20 Å². The van der Waals surface area contributed by atoms with Gasteiger partial charge in [0.25, 0.3) is 0 Å². The van der Waals surface area contributed by atoms with E-state index >= 15 is 0 Å². The van der Waals surface area contributed by atoms with Crippen LogP contribution in [0.15, 0.2) is 24.4 Å². The molecule has 0 amide bonds. The first-order valence-electron chi connectivity index (χ1n) is 5.34. The number of rotatable bonds is 2. The van der Waals surface area contributed by atoms with E-state index in [-0.39, 0.29) is 0 Å². The molecule has 2 aromatic rings. The highest BCUT2D eigenvalue weighted by atomic mass is 35.5. The highest BCUT2D eigenvalue weighted by Crippen LogP contribution is 2.36. The molecule has 2 rings (SSSR count). The Kier molecular flexibility index (Phi) is 3.85. The highest BCUT2D eigenvalue weighted by Gasteiger charge is 2.35. The lowest BCUT2D eigenvalue weighted by Crippen LogP contribution is -2.12.